The lowest BCUT2D eigenvalue weighted by Crippen LogP contribution is -2.11. The van der Waals surface area contributed by atoms with Gasteiger partial charge in [0.25, 0.3) is 0 Å². The fourth-order valence-electron chi connectivity index (χ4n) is 2.84. The number of rotatable bonds is 6. The van der Waals surface area contributed by atoms with Crippen molar-refractivity contribution in [2.75, 3.05) is 18.5 Å². The van der Waals surface area contributed by atoms with Crippen LogP contribution in [0.3, 0.4) is 0 Å². The number of hydrogen-bond donors (Lipinski definition) is 2. The van der Waals surface area contributed by atoms with E-state index >= 15 is 0 Å². The molecule has 0 unspecified atom stereocenters. The lowest BCUT2D eigenvalue weighted by atomic mass is 10.1. The summed E-state index contributed by atoms with van der Waals surface area (Å²) in [6.45, 7) is 0.941. The average Bonchev–Trinajstić information content (AvgIpc) is 3.26. The number of halogens is 1. The predicted molar refractivity (Wildman–Crippen MR) is 101 cm³/mol. The molecule has 0 amide bonds. The molecule has 0 bridgehead atoms. The van der Waals surface area contributed by atoms with Gasteiger partial charge in [0, 0.05) is 23.2 Å². The molecule has 2 heterocycles. The first kappa shape index (κ1) is 16.6. The van der Waals surface area contributed by atoms with Crippen LogP contribution in [0.2, 0.25) is 5.02 Å². The van der Waals surface area contributed by atoms with Gasteiger partial charge in [0.2, 0.25) is 5.95 Å². The maximum Gasteiger partial charge on any atom is 0.204 e. The van der Waals surface area contributed by atoms with Gasteiger partial charge >= 0.3 is 0 Å². The van der Waals surface area contributed by atoms with Crippen molar-refractivity contribution in [3.05, 3.63) is 65.4 Å². The third-order valence-electron chi connectivity index (χ3n) is 4.06. The highest BCUT2D eigenvalue weighted by Crippen LogP contribution is 2.24. The van der Waals surface area contributed by atoms with Gasteiger partial charge in [-0.3, -0.25) is 0 Å². The summed E-state index contributed by atoms with van der Waals surface area (Å²) in [5.41, 5.74) is 3.56. The predicted octanol–water partition coefficient (Wildman–Crippen LogP) is 3.80. The number of anilines is 1. The third kappa shape index (κ3) is 3.29. The minimum Gasteiger partial charge on any atom is -0.395 e. The van der Waals surface area contributed by atoms with Crippen LogP contribution in [0, 0.1) is 0 Å². The van der Waals surface area contributed by atoms with Gasteiger partial charge < -0.3 is 19.5 Å². The number of imidazole rings is 1. The molecule has 0 radical (unpaired) electrons. The molecule has 7 heteroatoms. The number of aliphatic hydroxyl groups excluding tert-OH is 1. The zero-order valence-corrected chi connectivity index (χ0v) is 14.6. The van der Waals surface area contributed by atoms with Crippen molar-refractivity contribution in [2.24, 2.45) is 0 Å². The van der Waals surface area contributed by atoms with Crippen LogP contribution in [0.25, 0.3) is 22.3 Å². The molecule has 4 rings (SSSR count). The van der Waals surface area contributed by atoms with Gasteiger partial charge in [-0.2, -0.15) is 0 Å². The van der Waals surface area contributed by atoms with E-state index in [1.54, 1.807) is 0 Å². The Morgan fingerprint density at radius 3 is 2.73 bits per heavy atom. The molecule has 0 saturated heterocycles. The second kappa shape index (κ2) is 7.19. The highest BCUT2D eigenvalue weighted by Gasteiger charge is 2.13. The minimum atomic E-state index is 0.0340. The summed E-state index contributed by atoms with van der Waals surface area (Å²) >= 11 is 5.93. The molecule has 0 fully saturated rings. The first-order valence-corrected chi connectivity index (χ1v) is 8.64. The quantitative estimate of drug-likeness (QED) is 0.541. The SMILES string of the molecule is OCCNc1nc2ccccc2n1Cc1cc(-c2ccc(Cl)cc2)no1. The maximum absolute atomic E-state index is 9.09. The number of para-hydroxylation sites is 2. The van der Waals surface area contributed by atoms with Gasteiger partial charge in [-0.1, -0.05) is 41.0 Å². The largest absolute Gasteiger partial charge is 0.395 e. The van der Waals surface area contributed by atoms with Crippen LogP contribution >= 0.6 is 11.6 Å². The zero-order chi connectivity index (χ0) is 17.9. The number of benzene rings is 2. The molecule has 0 saturated carbocycles. The van der Waals surface area contributed by atoms with Crippen LogP contribution in [0.4, 0.5) is 5.95 Å². The van der Waals surface area contributed by atoms with Gasteiger partial charge in [0.05, 0.1) is 24.2 Å². The Morgan fingerprint density at radius 2 is 1.92 bits per heavy atom. The van der Waals surface area contributed by atoms with Crippen LogP contribution < -0.4 is 5.32 Å². The Morgan fingerprint density at radius 1 is 1.12 bits per heavy atom. The van der Waals surface area contributed by atoms with E-state index in [2.05, 4.69) is 15.5 Å². The van der Waals surface area contributed by atoms with Crippen molar-refractivity contribution < 1.29 is 9.63 Å². The molecule has 2 aromatic carbocycles. The van der Waals surface area contributed by atoms with Gasteiger partial charge in [-0.15, -0.1) is 0 Å². The van der Waals surface area contributed by atoms with E-state index in [1.165, 1.54) is 0 Å². The fraction of sp³-hybridized carbons (Fsp3) is 0.158. The summed E-state index contributed by atoms with van der Waals surface area (Å²) < 4.78 is 7.53. The smallest absolute Gasteiger partial charge is 0.204 e. The van der Waals surface area contributed by atoms with Crippen LogP contribution in [-0.4, -0.2) is 33.0 Å². The summed E-state index contributed by atoms with van der Waals surface area (Å²) in [5, 5.41) is 17.1. The zero-order valence-electron chi connectivity index (χ0n) is 13.9. The van der Waals surface area contributed by atoms with E-state index in [9.17, 15) is 0 Å². The summed E-state index contributed by atoms with van der Waals surface area (Å²) in [5.74, 6) is 1.40. The molecular formula is C19H17ClN4O2. The van der Waals surface area contributed by atoms with Crippen LogP contribution in [-0.2, 0) is 6.54 Å². The van der Waals surface area contributed by atoms with Crippen LogP contribution in [0.5, 0.6) is 0 Å². The lowest BCUT2D eigenvalue weighted by molar-refractivity contribution is 0.310. The van der Waals surface area contributed by atoms with Crippen LogP contribution in [0.15, 0.2) is 59.1 Å². The lowest BCUT2D eigenvalue weighted by Gasteiger charge is -2.08. The monoisotopic (exact) mass is 368 g/mol. The van der Waals surface area contributed by atoms with E-state index in [0.29, 0.717) is 29.8 Å². The Labute approximate surface area is 155 Å². The van der Waals surface area contributed by atoms with Crippen molar-refractivity contribution in [1.82, 2.24) is 14.7 Å². The molecule has 0 aliphatic heterocycles. The number of aliphatic hydroxyl groups is 1. The summed E-state index contributed by atoms with van der Waals surface area (Å²) in [6, 6.07) is 17.2. The molecular weight excluding hydrogens is 352 g/mol. The van der Waals surface area contributed by atoms with Gasteiger partial charge in [-0.05, 0) is 24.3 Å². The second-order valence-corrected chi connectivity index (χ2v) is 6.28. The average molecular weight is 369 g/mol. The molecule has 0 atom stereocenters. The Kier molecular flexibility index (Phi) is 4.60. The normalized spacial score (nSPS) is 11.2. The molecule has 6 nitrogen and oxygen atoms in total. The molecule has 132 valence electrons. The Bertz CT molecular complexity index is 1020. The van der Waals surface area contributed by atoms with E-state index in [0.717, 1.165) is 22.3 Å². The Balaban J connectivity index is 1.65. The standard InChI is InChI=1S/C19H17ClN4O2/c20-14-7-5-13(6-8-14)17-11-15(26-23-17)12-24-18-4-2-1-3-16(18)22-19(24)21-9-10-25/h1-8,11,25H,9-10,12H2,(H,21,22). The maximum atomic E-state index is 9.09. The third-order valence-corrected chi connectivity index (χ3v) is 4.31. The van der Waals surface area contributed by atoms with Gasteiger partial charge in [-0.25, -0.2) is 4.98 Å². The highest BCUT2D eigenvalue weighted by atomic mass is 35.5. The fourth-order valence-corrected chi connectivity index (χ4v) is 2.96. The molecule has 26 heavy (non-hydrogen) atoms. The van der Waals surface area contributed by atoms with Crippen molar-refractivity contribution in [2.45, 2.75) is 6.54 Å². The number of nitrogens with one attached hydrogen (secondary N) is 1. The van der Waals surface area contributed by atoms with Crippen LogP contribution in [0.1, 0.15) is 5.76 Å². The Hall–Kier alpha value is -2.83. The first-order chi connectivity index (χ1) is 12.7. The van der Waals surface area contributed by atoms with Gasteiger partial charge in [0.1, 0.15) is 5.69 Å². The van der Waals surface area contributed by atoms with E-state index in [1.807, 2.05) is 59.2 Å². The van der Waals surface area contributed by atoms with E-state index < -0.39 is 0 Å². The van der Waals surface area contributed by atoms with Crippen molar-refractivity contribution in [1.29, 1.82) is 0 Å². The molecule has 0 spiro atoms. The minimum absolute atomic E-state index is 0.0340. The summed E-state index contributed by atoms with van der Waals surface area (Å²) in [4.78, 5) is 4.59. The summed E-state index contributed by atoms with van der Waals surface area (Å²) in [6.07, 6.45) is 0. The number of aromatic nitrogens is 3. The highest BCUT2D eigenvalue weighted by molar-refractivity contribution is 6.30. The molecule has 2 aromatic heterocycles. The topological polar surface area (TPSA) is 76.1 Å². The van der Waals surface area contributed by atoms with Crippen molar-refractivity contribution in [3.8, 4) is 11.3 Å². The second-order valence-electron chi connectivity index (χ2n) is 5.85. The number of hydrogen-bond acceptors (Lipinski definition) is 5. The van der Waals surface area contributed by atoms with E-state index in [4.69, 9.17) is 21.2 Å². The first-order valence-electron chi connectivity index (χ1n) is 8.26. The van der Waals surface area contributed by atoms with Gasteiger partial charge in [0.15, 0.2) is 5.76 Å². The van der Waals surface area contributed by atoms with Crippen molar-refractivity contribution in [3.63, 3.8) is 0 Å². The number of nitrogens with zero attached hydrogens (tertiary/aromatic N) is 3. The molecule has 0 aliphatic carbocycles. The molecule has 2 N–H and O–H groups in total. The summed E-state index contributed by atoms with van der Waals surface area (Å²) in [7, 11) is 0. The molecule has 0 aliphatic rings. The van der Waals surface area contributed by atoms with Crippen molar-refractivity contribution >= 4 is 28.6 Å². The van der Waals surface area contributed by atoms with E-state index in [-0.39, 0.29) is 6.61 Å². The number of fused-ring (bicyclic) bond motifs is 1. The molecule has 4 aromatic rings.